The van der Waals surface area contributed by atoms with E-state index < -0.39 is 11.7 Å². The molecule has 1 N–H and O–H groups in total. The second kappa shape index (κ2) is 12.7. The maximum atomic E-state index is 13.8. The molecule has 1 amide bonds. The summed E-state index contributed by atoms with van der Waals surface area (Å²) in [5.41, 5.74) is 6.05. The highest BCUT2D eigenvalue weighted by Crippen LogP contribution is 2.39. The fourth-order valence-corrected chi connectivity index (χ4v) is 6.01. The van der Waals surface area contributed by atoms with Crippen LogP contribution in [0.2, 0.25) is 0 Å². The summed E-state index contributed by atoms with van der Waals surface area (Å²) in [6.45, 7) is 3.99. The van der Waals surface area contributed by atoms with Gasteiger partial charge >= 0.3 is 0 Å². The number of hydrogen-bond donors (Lipinski definition) is 1. The molecule has 1 atom stereocenters. The van der Waals surface area contributed by atoms with Crippen LogP contribution in [-0.2, 0) is 13.1 Å². The minimum absolute atomic E-state index is 0.135. The van der Waals surface area contributed by atoms with Gasteiger partial charge in [0.1, 0.15) is 28.9 Å². The molecule has 2 heterocycles. The quantitative estimate of drug-likeness (QED) is 0.202. The van der Waals surface area contributed by atoms with Gasteiger partial charge in [-0.2, -0.15) is 10.4 Å². The first-order chi connectivity index (χ1) is 21.9. The molecular formula is C36H34FN5O3. The monoisotopic (exact) mass is 603 g/mol. The van der Waals surface area contributed by atoms with Gasteiger partial charge in [-0.15, -0.1) is 0 Å². The molecule has 45 heavy (non-hydrogen) atoms. The Hall–Kier alpha value is -5.36. The summed E-state index contributed by atoms with van der Waals surface area (Å²) < 4.78 is 26.2. The molecular weight excluding hydrogens is 569 g/mol. The van der Waals surface area contributed by atoms with Crippen LogP contribution in [0.5, 0.6) is 11.5 Å². The second-order valence-electron chi connectivity index (χ2n) is 11.3. The maximum Gasteiger partial charge on any atom is 0.255 e. The van der Waals surface area contributed by atoms with Crippen molar-refractivity contribution in [3.05, 3.63) is 107 Å². The van der Waals surface area contributed by atoms with Gasteiger partial charge in [0.05, 0.1) is 31.9 Å². The summed E-state index contributed by atoms with van der Waals surface area (Å²) in [6, 6.07) is 24.4. The van der Waals surface area contributed by atoms with E-state index in [2.05, 4.69) is 29.3 Å². The van der Waals surface area contributed by atoms with E-state index in [0.717, 1.165) is 64.5 Å². The number of halogens is 1. The molecule has 5 aromatic rings. The third-order valence-electron chi connectivity index (χ3n) is 8.43. The van der Waals surface area contributed by atoms with Gasteiger partial charge in [0.15, 0.2) is 0 Å². The molecule has 1 saturated heterocycles. The Morgan fingerprint density at radius 1 is 1.04 bits per heavy atom. The zero-order valence-electron chi connectivity index (χ0n) is 25.5. The Morgan fingerprint density at radius 2 is 1.80 bits per heavy atom. The summed E-state index contributed by atoms with van der Waals surface area (Å²) in [7, 11) is 3.09. The number of amides is 1. The summed E-state index contributed by atoms with van der Waals surface area (Å²) in [5, 5.41) is 19.1. The highest BCUT2D eigenvalue weighted by Gasteiger charge is 2.26. The van der Waals surface area contributed by atoms with Crippen molar-refractivity contribution >= 4 is 22.5 Å². The standard InChI is InChI=1S/C36H34FN5O3/c1-23-5-4-16-42(23)33-18-29(31(19-38)35-32(33)22-41(40-35)21-25-8-13-28(44-2)14-9-25)26-10-6-24(7-11-26)20-39-36(43)30-17-27(37)12-15-34(30)45-3/h6-15,17-18,22-23H,4-5,16,20-21H2,1-3H3,(H,39,43)/t23-/m1/s1. The van der Waals surface area contributed by atoms with Gasteiger partial charge in [-0.25, -0.2) is 4.39 Å². The third kappa shape index (κ3) is 6.04. The lowest BCUT2D eigenvalue weighted by Gasteiger charge is -2.25. The van der Waals surface area contributed by atoms with Crippen LogP contribution in [0.1, 0.15) is 46.8 Å². The van der Waals surface area contributed by atoms with Gasteiger partial charge in [0.2, 0.25) is 0 Å². The molecule has 228 valence electrons. The number of methoxy groups -OCH3 is 2. The van der Waals surface area contributed by atoms with Crippen molar-refractivity contribution in [2.75, 3.05) is 25.7 Å². The smallest absolute Gasteiger partial charge is 0.255 e. The van der Waals surface area contributed by atoms with Crippen LogP contribution in [0, 0.1) is 17.1 Å². The Morgan fingerprint density at radius 3 is 2.47 bits per heavy atom. The third-order valence-corrected chi connectivity index (χ3v) is 8.43. The van der Waals surface area contributed by atoms with Gasteiger partial charge in [0.25, 0.3) is 5.91 Å². The number of anilines is 1. The number of nitrogens with one attached hydrogen (secondary N) is 1. The molecule has 1 fully saturated rings. The van der Waals surface area contributed by atoms with Crippen LogP contribution >= 0.6 is 0 Å². The van der Waals surface area contributed by atoms with Crippen LogP contribution in [0.3, 0.4) is 0 Å². The van der Waals surface area contributed by atoms with E-state index in [-0.39, 0.29) is 12.1 Å². The molecule has 1 aliphatic rings. The van der Waals surface area contributed by atoms with Crippen molar-refractivity contribution in [3.8, 4) is 28.7 Å². The summed E-state index contributed by atoms with van der Waals surface area (Å²) in [5.74, 6) is 0.163. The summed E-state index contributed by atoms with van der Waals surface area (Å²) >= 11 is 0. The van der Waals surface area contributed by atoms with Gasteiger partial charge in [-0.3, -0.25) is 9.48 Å². The van der Waals surface area contributed by atoms with Crippen LogP contribution in [0.25, 0.3) is 22.0 Å². The Bertz CT molecular complexity index is 1890. The first-order valence-electron chi connectivity index (χ1n) is 14.9. The minimum Gasteiger partial charge on any atom is -0.497 e. The number of rotatable bonds is 9. The molecule has 0 aliphatic carbocycles. The van der Waals surface area contributed by atoms with Gasteiger partial charge in [-0.05, 0) is 72.9 Å². The van der Waals surface area contributed by atoms with E-state index in [1.165, 1.54) is 19.2 Å². The highest BCUT2D eigenvalue weighted by atomic mass is 19.1. The zero-order valence-corrected chi connectivity index (χ0v) is 25.5. The predicted molar refractivity (Wildman–Crippen MR) is 172 cm³/mol. The maximum absolute atomic E-state index is 13.8. The summed E-state index contributed by atoms with van der Waals surface area (Å²) in [6.07, 6.45) is 4.27. The van der Waals surface area contributed by atoms with Crippen LogP contribution in [0.15, 0.2) is 79.0 Å². The van der Waals surface area contributed by atoms with Crippen molar-refractivity contribution in [1.29, 1.82) is 5.26 Å². The molecule has 0 bridgehead atoms. The molecule has 1 aromatic heterocycles. The lowest BCUT2D eigenvalue weighted by molar-refractivity contribution is 0.0947. The van der Waals surface area contributed by atoms with E-state index in [0.29, 0.717) is 29.4 Å². The van der Waals surface area contributed by atoms with Crippen LogP contribution < -0.4 is 19.7 Å². The summed E-state index contributed by atoms with van der Waals surface area (Å²) in [4.78, 5) is 15.2. The Balaban J connectivity index is 1.31. The average molecular weight is 604 g/mol. The molecule has 0 unspecified atom stereocenters. The van der Waals surface area contributed by atoms with E-state index in [1.54, 1.807) is 7.11 Å². The molecule has 6 rings (SSSR count). The molecule has 0 radical (unpaired) electrons. The topological polar surface area (TPSA) is 92.4 Å². The van der Waals surface area contributed by atoms with E-state index in [1.807, 2.05) is 59.4 Å². The number of nitriles is 1. The van der Waals surface area contributed by atoms with Gasteiger partial charge < -0.3 is 19.7 Å². The number of ether oxygens (including phenoxy) is 2. The van der Waals surface area contributed by atoms with Crippen molar-refractivity contribution in [3.63, 3.8) is 0 Å². The fourth-order valence-electron chi connectivity index (χ4n) is 6.01. The van der Waals surface area contributed by atoms with Crippen molar-refractivity contribution < 1.29 is 18.7 Å². The SMILES string of the molecule is COc1ccc(Cn2cc3c(N4CCC[C@H]4C)cc(-c4ccc(CNC(=O)c5cc(F)ccc5OC)cc4)c(C#N)c3n2)cc1. The lowest BCUT2D eigenvalue weighted by atomic mass is 9.95. The first-order valence-corrected chi connectivity index (χ1v) is 14.9. The number of carbonyl (C=O) groups excluding carboxylic acids is 1. The molecule has 4 aromatic carbocycles. The molecule has 9 heteroatoms. The normalized spacial score (nSPS) is 14.4. The lowest BCUT2D eigenvalue weighted by Crippen LogP contribution is -2.26. The van der Waals surface area contributed by atoms with E-state index >= 15 is 0 Å². The van der Waals surface area contributed by atoms with Gasteiger partial charge in [0, 0.05) is 42.0 Å². The number of hydrogen-bond acceptors (Lipinski definition) is 6. The number of benzene rings is 4. The molecule has 1 aliphatic heterocycles. The van der Waals surface area contributed by atoms with Crippen molar-refractivity contribution in [2.24, 2.45) is 0 Å². The van der Waals surface area contributed by atoms with Crippen LogP contribution in [0.4, 0.5) is 10.1 Å². The average Bonchev–Trinajstić information content (AvgIpc) is 3.69. The zero-order chi connectivity index (χ0) is 31.5. The van der Waals surface area contributed by atoms with Gasteiger partial charge in [-0.1, -0.05) is 36.4 Å². The van der Waals surface area contributed by atoms with Crippen molar-refractivity contribution in [2.45, 2.75) is 38.9 Å². The molecule has 0 spiro atoms. The largest absolute Gasteiger partial charge is 0.497 e. The van der Waals surface area contributed by atoms with E-state index in [4.69, 9.17) is 14.6 Å². The Labute approximate surface area is 261 Å². The number of aromatic nitrogens is 2. The molecule has 8 nitrogen and oxygen atoms in total. The van der Waals surface area contributed by atoms with Crippen LogP contribution in [-0.4, -0.2) is 42.5 Å². The minimum atomic E-state index is -0.510. The number of nitrogens with zero attached hydrogens (tertiary/aromatic N) is 4. The van der Waals surface area contributed by atoms with E-state index in [9.17, 15) is 14.4 Å². The fraction of sp³-hybridized carbons (Fsp3) is 0.250. The number of carbonyl (C=O) groups is 1. The molecule has 0 saturated carbocycles. The first kappa shape index (κ1) is 29.7. The predicted octanol–water partition coefficient (Wildman–Crippen LogP) is 6.70. The Kier molecular flexibility index (Phi) is 8.39. The second-order valence-corrected chi connectivity index (χ2v) is 11.3. The van der Waals surface area contributed by atoms with Crippen molar-refractivity contribution in [1.82, 2.24) is 15.1 Å². The number of fused-ring (bicyclic) bond motifs is 1. The highest BCUT2D eigenvalue weighted by molar-refractivity contribution is 6.01.